The Morgan fingerprint density at radius 1 is 1.00 bits per heavy atom. The molecule has 0 saturated carbocycles. The summed E-state index contributed by atoms with van der Waals surface area (Å²) in [5.74, 6) is -1.44. The number of nitrogens with one attached hydrogen (secondary N) is 1. The number of aliphatic carboxylic acids is 1. The smallest absolute Gasteiger partial charge is 0.307 e. The molecular formula is C26H21Cl2N3O3. The van der Waals surface area contributed by atoms with Crippen LogP contribution < -0.4 is 5.32 Å². The number of rotatable bonds is 6. The number of hydrogen-bond acceptors (Lipinski definition) is 3. The molecule has 172 valence electrons. The lowest BCUT2D eigenvalue weighted by atomic mass is 10.1. The molecule has 4 aromatic rings. The highest BCUT2D eigenvalue weighted by molar-refractivity contribution is 6.32. The molecule has 6 nitrogen and oxygen atoms in total. The molecular weight excluding hydrogens is 473 g/mol. The molecule has 0 aliphatic rings. The lowest BCUT2D eigenvalue weighted by Crippen LogP contribution is -2.16. The minimum absolute atomic E-state index is 0.201. The summed E-state index contributed by atoms with van der Waals surface area (Å²) in [5, 5.41) is 17.7. The fourth-order valence-electron chi connectivity index (χ4n) is 3.76. The summed E-state index contributed by atoms with van der Waals surface area (Å²) in [6.45, 7) is 3.76. The first-order valence-corrected chi connectivity index (χ1v) is 11.2. The number of para-hydroxylation sites is 1. The lowest BCUT2D eigenvalue weighted by molar-refractivity contribution is -0.136. The maximum absolute atomic E-state index is 13.3. The fourth-order valence-corrected chi connectivity index (χ4v) is 4.20. The zero-order valence-electron chi connectivity index (χ0n) is 18.5. The maximum Gasteiger partial charge on any atom is 0.307 e. The number of carbonyl (C=O) groups excluding carboxylic acids is 1. The van der Waals surface area contributed by atoms with Crippen molar-refractivity contribution in [3.63, 3.8) is 0 Å². The Labute approximate surface area is 206 Å². The first-order chi connectivity index (χ1) is 16.2. The molecule has 34 heavy (non-hydrogen) atoms. The number of carboxylic acid groups (broad SMARTS) is 1. The van der Waals surface area contributed by atoms with Crippen LogP contribution in [0.4, 0.5) is 5.69 Å². The van der Waals surface area contributed by atoms with Crippen LogP contribution in [0.25, 0.3) is 16.9 Å². The van der Waals surface area contributed by atoms with E-state index < -0.39 is 11.9 Å². The number of aromatic nitrogens is 2. The second-order valence-corrected chi connectivity index (χ2v) is 8.72. The van der Waals surface area contributed by atoms with Gasteiger partial charge in [0, 0.05) is 21.8 Å². The third-order valence-corrected chi connectivity index (χ3v) is 5.95. The molecule has 0 bridgehead atoms. The van der Waals surface area contributed by atoms with E-state index >= 15 is 0 Å². The fraction of sp³-hybridized carbons (Fsp3) is 0.115. The molecule has 1 amide bonds. The number of benzene rings is 3. The zero-order valence-corrected chi connectivity index (χ0v) is 20.0. The third kappa shape index (κ3) is 4.83. The van der Waals surface area contributed by atoms with Gasteiger partial charge in [-0.3, -0.25) is 9.59 Å². The SMILES string of the molecule is Cc1ccc(-n2nc(C(=O)Nc3ccccc3CC(=O)O)c(C)c2-c2ccc(Cl)cc2)c(Cl)c1. The zero-order chi connectivity index (χ0) is 24.4. The van der Waals surface area contributed by atoms with Gasteiger partial charge in [-0.1, -0.05) is 59.6 Å². The van der Waals surface area contributed by atoms with E-state index in [9.17, 15) is 14.7 Å². The maximum atomic E-state index is 13.3. The van der Waals surface area contributed by atoms with Crippen LogP contribution in [0.2, 0.25) is 10.0 Å². The van der Waals surface area contributed by atoms with E-state index in [4.69, 9.17) is 23.2 Å². The van der Waals surface area contributed by atoms with E-state index in [1.165, 1.54) is 0 Å². The predicted molar refractivity (Wildman–Crippen MR) is 134 cm³/mol. The summed E-state index contributed by atoms with van der Waals surface area (Å²) in [6.07, 6.45) is -0.209. The molecule has 0 aliphatic heterocycles. The Hall–Kier alpha value is -3.61. The van der Waals surface area contributed by atoms with E-state index in [1.807, 2.05) is 44.2 Å². The van der Waals surface area contributed by atoms with Crippen molar-refractivity contribution >= 4 is 40.8 Å². The average molecular weight is 494 g/mol. The van der Waals surface area contributed by atoms with Crippen LogP contribution in [0.5, 0.6) is 0 Å². The molecule has 1 heterocycles. The quantitative estimate of drug-likeness (QED) is 0.328. The third-order valence-electron chi connectivity index (χ3n) is 5.39. The van der Waals surface area contributed by atoms with Crippen molar-refractivity contribution < 1.29 is 14.7 Å². The number of aryl methyl sites for hydroxylation is 1. The van der Waals surface area contributed by atoms with Crippen molar-refractivity contribution in [2.45, 2.75) is 20.3 Å². The van der Waals surface area contributed by atoms with Crippen LogP contribution in [-0.4, -0.2) is 26.8 Å². The van der Waals surface area contributed by atoms with Gasteiger partial charge in [0.25, 0.3) is 5.91 Å². The first kappa shape index (κ1) is 23.5. The summed E-state index contributed by atoms with van der Waals surface area (Å²) in [7, 11) is 0. The van der Waals surface area contributed by atoms with E-state index in [0.717, 1.165) is 11.1 Å². The highest BCUT2D eigenvalue weighted by Crippen LogP contribution is 2.33. The summed E-state index contributed by atoms with van der Waals surface area (Å²) < 4.78 is 1.65. The molecule has 1 aromatic heterocycles. The Balaban J connectivity index is 1.82. The van der Waals surface area contributed by atoms with Crippen molar-refractivity contribution in [1.29, 1.82) is 0 Å². The predicted octanol–water partition coefficient (Wildman–Crippen LogP) is 6.34. The van der Waals surface area contributed by atoms with Gasteiger partial charge >= 0.3 is 5.97 Å². The van der Waals surface area contributed by atoms with Crippen LogP contribution in [0.1, 0.15) is 27.2 Å². The van der Waals surface area contributed by atoms with Crippen molar-refractivity contribution in [3.05, 3.63) is 99.2 Å². The molecule has 0 radical (unpaired) electrons. The number of anilines is 1. The first-order valence-electron chi connectivity index (χ1n) is 10.5. The van der Waals surface area contributed by atoms with Gasteiger partial charge in [-0.25, -0.2) is 4.68 Å². The molecule has 0 spiro atoms. The van der Waals surface area contributed by atoms with Crippen LogP contribution in [-0.2, 0) is 11.2 Å². The van der Waals surface area contributed by atoms with Gasteiger partial charge in [-0.05, 0) is 55.3 Å². The molecule has 0 saturated heterocycles. The topological polar surface area (TPSA) is 84.2 Å². The van der Waals surface area contributed by atoms with Crippen molar-refractivity contribution in [2.75, 3.05) is 5.32 Å². The summed E-state index contributed by atoms with van der Waals surface area (Å²) in [4.78, 5) is 24.5. The van der Waals surface area contributed by atoms with Crippen LogP contribution in [0.3, 0.4) is 0 Å². The molecule has 8 heteroatoms. The Kier molecular flexibility index (Phi) is 6.72. The molecule has 0 fully saturated rings. The van der Waals surface area contributed by atoms with Gasteiger partial charge in [0.15, 0.2) is 5.69 Å². The lowest BCUT2D eigenvalue weighted by Gasteiger charge is -2.11. The normalized spacial score (nSPS) is 10.8. The minimum atomic E-state index is -0.985. The molecule has 0 atom stereocenters. The molecule has 0 aliphatic carbocycles. The summed E-state index contributed by atoms with van der Waals surface area (Å²) in [5.41, 5.74) is 4.91. The highest BCUT2D eigenvalue weighted by atomic mass is 35.5. The number of hydrogen-bond donors (Lipinski definition) is 2. The number of carbonyl (C=O) groups is 2. The second kappa shape index (κ2) is 9.71. The van der Waals surface area contributed by atoms with Crippen molar-refractivity contribution in [2.24, 2.45) is 0 Å². The van der Waals surface area contributed by atoms with E-state index in [-0.39, 0.29) is 12.1 Å². The number of nitrogens with zero attached hydrogens (tertiary/aromatic N) is 2. The Morgan fingerprint density at radius 3 is 2.38 bits per heavy atom. The average Bonchev–Trinajstić information content (AvgIpc) is 3.12. The number of amides is 1. The van der Waals surface area contributed by atoms with E-state index in [1.54, 1.807) is 41.1 Å². The van der Waals surface area contributed by atoms with E-state index in [2.05, 4.69) is 10.4 Å². The highest BCUT2D eigenvalue weighted by Gasteiger charge is 2.24. The van der Waals surface area contributed by atoms with Gasteiger partial charge < -0.3 is 10.4 Å². The largest absolute Gasteiger partial charge is 0.481 e. The molecule has 0 unspecified atom stereocenters. The van der Waals surface area contributed by atoms with E-state index in [0.29, 0.717) is 38.2 Å². The molecule has 3 aromatic carbocycles. The molecule has 4 rings (SSSR count). The van der Waals surface area contributed by atoms with Gasteiger partial charge in [0.05, 0.1) is 22.8 Å². The number of halogens is 2. The van der Waals surface area contributed by atoms with Crippen LogP contribution in [0.15, 0.2) is 66.7 Å². The second-order valence-electron chi connectivity index (χ2n) is 7.88. The number of carboxylic acids is 1. The van der Waals surface area contributed by atoms with Gasteiger partial charge in [0.2, 0.25) is 0 Å². The van der Waals surface area contributed by atoms with Gasteiger partial charge in [-0.2, -0.15) is 5.10 Å². The monoisotopic (exact) mass is 493 g/mol. The summed E-state index contributed by atoms with van der Waals surface area (Å²) >= 11 is 12.6. The van der Waals surface area contributed by atoms with Crippen LogP contribution >= 0.6 is 23.2 Å². The van der Waals surface area contributed by atoms with Crippen molar-refractivity contribution in [1.82, 2.24) is 9.78 Å². The minimum Gasteiger partial charge on any atom is -0.481 e. The van der Waals surface area contributed by atoms with Crippen molar-refractivity contribution in [3.8, 4) is 16.9 Å². The Bertz CT molecular complexity index is 1400. The van der Waals surface area contributed by atoms with Gasteiger partial charge in [0.1, 0.15) is 0 Å². The molecule has 2 N–H and O–H groups in total. The standard InChI is InChI=1S/C26H21Cl2N3O3/c1-15-7-12-22(20(28)13-15)31-25(17-8-10-19(27)11-9-17)16(2)24(30-31)26(34)29-21-6-4-3-5-18(21)14-23(32)33/h3-13H,14H2,1-2H3,(H,29,34)(H,32,33). The summed E-state index contributed by atoms with van der Waals surface area (Å²) in [6, 6.07) is 19.7. The van der Waals surface area contributed by atoms with Gasteiger partial charge in [-0.15, -0.1) is 0 Å². The Morgan fingerprint density at radius 2 is 1.71 bits per heavy atom. The van der Waals surface area contributed by atoms with Crippen LogP contribution in [0, 0.1) is 13.8 Å².